The van der Waals surface area contributed by atoms with Crippen molar-refractivity contribution in [3.8, 4) is 0 Å². The van der Waals surface area contributed by atoms with E-state index in [4.69, 9.17) is 0 Å². The van der Waals surface area contributed by atoms with Gasteiger partial charge in [0.1, 0.15) is 0 Å². The van der Waals surface area contributed by atoms with E-state index in [0.717, 1.165) is 12.0 Å². The summed E-state index contributed by atoms with van der Waals surface area (Å²) in [4.78, 5) is 0. The SMILES string of the molecule is CC(C)CC1(C(O)c2ccc3ccccc3c2)CCCC1. The first kappa shape index (κ1) is 14.6. The van der Waals surface area contributed by atoms with Crippen molar-refractivity contribution in [2.24, 2.45) is 11.3 Å². The predicted molar refractivity (Wildman–Crippen MR) is 89.3 cm³/mol. The van der Waals surface area contributed by atoms with Crippen LogP contribution >= 0.6 is 0 Å². The molecule has 0 spiro atoms. The molecule has 2 aromatic carbocycles. The molecule has 1 aliphatic rings. The van der Waals surface area contributed by atoms with Crippen molar-refractivity contribution in [2.45, 2.75) is 52.1 Å². The van der Waals surface area contributed by atoms with E-state index in [9.17, 15) is 5.11 Å². The molecule has 1 saturated carbocycles. The molecule has 21 heavy (non-hydrogen) atoms. The zero-order valence-electron chi connectivity index (χ0n) is 13.2. The maximum absolute atomic E-state index is 11.1. The normalized spacial score (nSPS) is 19.2. The molecule has 0 heterocycles. The van der Waals surface area contributed by atoms with Gasteiger partial charge in [-0.15, -0.1) is 0 Å². The Kier molecular flexibility index (Phi) is 4.03. The van der Waals surface area contributed by atoms with E-state index in [1.54, 1.807) is 0 Å². The molecule has 112 valence electrons. The lowest BCUT2D eigenvalue weighted by Gasteiger charge is -2.36. The molecule has 0 aromatic heterocycles. The van der Waals surface area contributed by atoms with Gasteiger partial charge in [-0.2, -0.15) is 0 Å². The van der Waals surface area contributed by atoms with Gasteiger partial charge in [-0.05, 0) is 47.6 Å². The minimum absolute atomic E-state index is 0.0939. The van der Waals surface area contributed by atoms with Crippen molar-refractivity contribution in [1.82, 2.24) is 0 Å². The van der Waals surface area contributed by atoms with Crippen LogP contribution in [0.2, 0.25) is 0 Å². The summed E-state index contributed by atoms with van der Waals surface area (Å²) in [6.45, 7) is 4.54. The Morgan fingerprint density at radius 2 is 1.67 bits per heavy atom. The number of fused-ring (bicyclic) bond motifs is 1. The quantitative estimate of drug-likeness (QED) is 0.787. The highest BCUT2D eigenvalue weighted by Crippen LogP contribution is 2.51. The minimum Gasteiger partial charge on any atom is -0.388 e. The number of benzene rings is 2. The first-order chi connectivity index (χ1) is 10.1. The summed E-state index contributed by atoms with van der Waals surface area (Å²) in [5.41, 5.74) is 1.19. The zero-order chi connectivity index (χ0) is 14.9. The van der Waals surface area contributed by atoms with E-state index in [-0.39, 0.29) is 11.5 Å². The minimum atomic E-state index is -0.327. The number of hydrogen-bond donors (Lipinski definition) is 1. The Labute approximate surface area is 128 Å². The first-order valence-corrected chi connectivity index (χ1v) is 8.27. The molecule has 1 atom stereocenters. The molecule has 0 amide bonds. The average molecular weight is 282 g/mol. The summed E-state index contributed by atoms with van der Waals surface area (Å²) in [6.07, 6.45) is 5.65. The Bertz CT molecular complexity index is 608. The third-order valence-electron chi connectivity index (χ3n) is 5.08. The molecule has 1 heteroatoms. The Hall–Kier alpha value is -1.34. The topological polar surface area (TPSA) is 20.2 Å². The van der Waals surface area contributed by atoms with Gasteiger partial charge in [0.25, 0.3) is 0 Å². The van der Waals surface area contributed by atoms with E-state index >= 15 is 0 Å². The number of aliphatic hydroxyl groups excluding tert-OH is 1. The highest BCUT2D eigenvalue weighted by atomic mass is 16.3. The molecule has 1 aliphatic carbocycles. The van der Waals surface area contributed by atoms with Crippen LogP contribution < -0.4 is 0 Å². The summed E-state index contributed by atoms with van der Waals surface area (Å²) in [6, 6.07) is 14.8. The fourth-order valence-corrected chi connectivity index (χ4v) is 4.21. The predicted octanol–water partition coefficient (Wildman–Crippen LogP) is 5.48. The van der Waals surface area contributed by atoms with Crippen LogP contribution in [0, 0.1) is 11.3 Å². The smallest absolute Gasteiger partial charge is 0.0846 e. The van der Waals surface area contributed by atoms with Crippen molar-refractivity contribution in [2.75, 3.05) is 0 Å². The van der Waals surface area contributed by atoms with E-state index in [2.05, 4.69) is 56.3 Å². The van der Waals surface area contributed by atoms with Crippen LogP contribution in [0.4, 0.5) is 0 Å². The molecule has 1 unspecified atom stereocenters. The van der Waals surface area contributed by atoms with Crippen LogP contribution in [0.3, 0.4) is 0 Å². The zero-order valence-corrected chi connectivity index (χ0v) is 13.2. The number of rotatable bonds is 4. The molecular weight excluding hydrogens is 256 g/mol. The van der Waals surface area contributed by atoms with Crippen molar-refractivity contribution in [3.05, 3.63) is 48.0 Å². The van der Waals surface area contributed by atoms with Gasteiger partial charge in [-0.3, -0.25) is 0 Å². The number of aliphatic hydroxyl groups is 1. The van der Waals surface area contributed by atoms with Crippen molar-refractivity contribution < 1.29 is 5.11 Å². The molecule has 0 saturated heterocycles. The van der Waals surface area contributed by atoms with Crippen molar-refractivity contribution in [3.63, 3.8) is 0 Å². The summed E-state index contributed by atoms with van der Waals surface area (Å²) in [5, 5.41) is 13.6. The molecule has 2 aromatic rings. The summed E-state index contributed by atoms with van der Waals surface area (Å²) in [7, 11) is 0. The molecule has 0 aliphatic heterocycles. The summed E-state index contributed by atoms with van der Waals surface area (Å²) < 4.78 is 0. The second-order valence-corrected chi connectivity index (χ2v) is 7.18. The Balaban J connectivity index is 1.95. The molecule has 0 bridgehead atoms. The van der Waals surface area contributed by atoms with E-state index < -0.39 is 0 Å². The lowest BCUT2D eigenvalue weighted by Crippen LogP contribution is -2.27. The fraction of sp³-hybridized carbons (Fsp3) is 0.500. The van der Waals surface area contributed by atoms with Crippen molar-refractivity contribution >= 4 is 10.8 Å². The molecule has 1 N–H and O–H groups in total. The largest absolute Gasteiger partial charge is 0.388 e. The Morgan fingerprint density at radius 3 is 2.33 bits per heavy atom. The standard InChI is InChI=1S/C20H26O/c1-15(2)14-20(11-5-6-12-20)19(21)18-10-9-16-7-3-4-8-17(16)13-18/h3-4,7-10,13,15,19,21H,5-6,11-12,14H2,1-2H3. The third kappa shape index (κ3) is 2.85. The average Bonchev–Trinajstić information content (AvgIpc) is 2.95. The molecule has 0 radical (unpaired) electrons. The van der Waals surface area contributed by atoms with Gasteiger partial charge in [0.2, 0.25) is 0 Å². The lowest BCUT2D eigenvalue weighted by molar-refractivity contribution is 0.0113. The fourth-order valence-electron chi connectivity index (χ4n) is 4.21. The van der Waals surface area contributed by atoms with E-state index in [0.29, 0.717) is 5.92 Å². The first-order valence-electron chi connectivity index (χ1n) is 8.27. The molecular formula is C20H26O. The van der Waals surface area contributed by atoms with Gasteiger partial charge >= 0.3 is 0 Å². The Morgan fingerprint density at radius 1 is 1.00 bits per heavy atom. The lowest BCUT2D eigenvalue weighted by atomic mass is 9.72. The van der Waals surface area contributed by atoms with Gasteiger partial charge in [0.15, 0.2) is 0 Å². The second-order valence-electron chi connectivity index (χ2n) is 7.18. The summed E-state index contributed by atoms with van der Waals surface area (Å²) in [5.74, 6) is 0.637. The second kappa shape index (κ2) is 5.81. The molecule has 3 rings (SSSR count). The van der Waals surface area contributed by atoms with Gasteiger partial charge in [-0.25, -0.2) is 0 Å². The van der Waals surface area contributed by atoms with Crippen LogP contribution in [0.5, 0.6) is 0 Å². The molecule has 1 fully saturated rings. The summed E-state index contributed by atoms with van der Waals surface area (Å²) >= 11 is 0. The van der Waals surface area contributed by atoms with Gasteiger partial charge in [-0.1, -0.05) is 63.1 Å². The van der Waals surface area contributed by atoms with Crippen molar-refractivity contribution in [1.29, 1.82) is 0 Å². The monoisotopic (exact) mass is 282 g/mol. The van der Waals surface area contributed by atoms with Crippen LogP contribution in [-0.2, 0) is 0 Å². The molecule has 1 nitrogen and oxygen atoms in total. The van der Waals surface area contributed by atoms with Crippen LogP contribution in [0.1, 0.15) is 57.6 Å². The highest BCUT2D eigenvalue weighted by Gasteiger charge is 2.41. The maximum atomic E-state index is 11.1. The van der Waals surface area contributed by atoms with Crippen LogP contribution in [0.25, 0.3) is 10.8 Å². The van der Waals surface area contributed by atoms with Gasteiger partial charge < -0.3 is 5.11 Å². The van der Waals surface area contributed by atoms with Gasteiger partial charge in [0.05, 0.1) is 6.10 Å². The van der Waals surface area contributed by atoms with E-state index in [1.807, 2.05) is 0 Å². The van der Waals surface area contributed by atoms with Crippen LogP contribution in [0.15, 0.2) is 42.5 Å². The van der Waals surface area contributed by atoms with E-state index in [1.165, 1.54) is 36.5 Å². The third-order valence-corrected chi connectivity index (χ3v) is 5.08. The number of hydrogen-bond acceptors (Lipinski definition) is 1. The maximum Gasteiger partial charge on any atom is 0.0846 e. The van der Waals surface area contributed by atoms with Gasteiger partial charge in [0, 0.05) is 5.41 Å². The van der Waals surface area contributed by atoms with Crippen LogP contribution in [-0.4, -0.2) is 5.11 Å². The highest BCUT2D eigenvalue weighted by molar-refractivity contribution is 5.83.